The van der Waals surface area contributed by atoms with Crippen molar-refractivity contribution in [1.29, 1.82) is 0 Å². The molecule has 2 N–H and O–H groups in total. The number of benzene rings is 3. The Balaban J connectivity index is 0.00000420. The van der Waals surface area contributed by atoms with E-state index >= 15 is 0 Å². The molecule has 0 aromatic heterocycles. The van der Waals surface area contributed by atoms with E-state index in [-0.39, 0.29) is 39.9 Å². The predicted molar refractivity (Wildman–Crippen MR) is 151 cm³/mol. The number of hydrogen-bond donors (Lipinski definition) is 1. The SMILES string of the molecule is CC(C)(C)[Si](OCCN1CCN(Cc2ccc(N)cc2C(F)(F)F)CC1)(c1ccccc1)c1ccccc1.[Fe]. The van der Waals surface area contributed by atoms with Gasteiger partial charge in [0.25, 0.3) is 8.32 Å². The monoisotopic (exact) mass is 597 g/mol. The summed E-state index contributed by atoms with van der Waals surface area (Å²) in [6.45, 7) is 11.5. The molecule has 0 spiro atoms. The minimum absolute atomic E-state index is 0. The van der Waals surface area contributed by atoms with Crippen LogP contribution in [0, 0.1) is 0 Å². The zero-order valence-electron chi connectivity index (χ0n) is 22.8. The molecular weight excluding hydrogens is 559 g/mol. The normalized spacial score (nSPS) is 15.6. The van der Waals surface area contributed by atoms with Crippen LogP contribution in [0.1, 0.15) is 31.9 Å². The molecule has 1 aliphatic rings. The van der Waals surface area contributed by atoms with E-state index in [4.69, 9.17) is 10.2 Å². The summed E-state index contributed by atoms with van der Waals surface area (Å²) in [5.74, 6) is 0. The number of anilines is 1. The first-order chi connectivity index (χ1) is 18.0. The van der Waals surface area contributed by atoms with Gasteiger partial charge in [-0.25, -0.2) is 0 Å². The first kappa shape index (κ1) is 31.4. The average molecular weight is 598 g/mol. The maximum Gasteiger partial charge on any atom is 0.416 e. The van der Waals surface area contributed by atoms with Crippen molar-refractivity contribution in [3.8, 4) is 0 Å². The second-order valence-corrected chi connectivity index (χ2v) is 15.3. The summed E-state index contributed by atoms with van der Waals surface area (Å²) >= 11 is 0. The Morgan fingerprint density at radius 3 is 1.79 bits per heavy atom. The fraction of sp³-hybridized carbons (Fsp3) is 0.400. The van der Waals surface area contributed by atoms with Crippen molar-refractivity contribution in [3.05, 3.63) is 90.0 Å². The third kappa shape index (κ3) is 7.34. The average Bonchev–Trinajstić information content (AvgIpc) is 2.88. The van der Waals surface area contributed by atoms with Crippen molar-refractivity contribution < 1.29 is 34.7 Å². The molecule has 1 heterocycles. The summed E-state index contributed by atoms with van der Waals surface area (Å²) in [6.07, 6.45) is -4.41. The van der Waals surface area contributed by atoms with Gasteiger partial charge in [-0.2, -0.15) is 13.2 Å². The molecule has 0 saturated carbocycles. The topological polar surface area (TPSA) is 41.7 Å². The van der Waals surface area contributed by atoms with Crippen LogP contribution in [0.5, 0.6) is 0 Å². The molecule has 0 atom stereocenters. The molecule has 4 nitrogen and oxygen atoms in total. The Kier molecular flexibility index (Phi) is 10.5. The summed E-state index contributed by atoms with van der Waals surface area (Å²) in [6, 6.07) is 25.3. The number of halogens is 3. The van der Waals surface area contributed by atoms with Crippen molar-refractivity contribution >= 4 is 24.4 Å². The van der Waals surface area contributed by atoms with Crippen molar-refractivity contribution in [2.45, 2.75) is 38.5 Å². The fourth-order valence-electron chi connectivity index (χ4n) is 5.50. The van der Waals surface area contributed by atoms with Crippen LogP contribution in [-0.4, -0.2) is 57.4 Å². The van der Waals surface area contributed by atoms with E-state index in [1.54, 1.807) is 6.07 Å². The molecule has 0 amide bonds. The number of alkyl halides is 3. The molecule has 39 heavy (non-hydrogen) atoms. The zero-order chi connectivity index (χ0) is 27.4. The number of hydrogen-bond acceptors (Lipinski definition) is 4. The van der Waals surface area contributed by atoms with Crippen molar-refractivity contribution in [3.63, 3.8) is 0 Å². The molecule has 0 radical (unpaired) electrons. The number of nitrogens with two attached hydrogens (primary N) is 1. The molecule has 1 fully saturated rings. The van der Waals surface area contributed by atoms with Gasteiger partial charge in [-0.05, 0) is 33.1 Å². The zero-order valence-corrected chi connectivity index (χ0v) is 24.9. The third-order valence-corrected chi connectivity index (χ3v) is 12.5. The van der Waals surface area contributed by atoms with Crippen LogP contribution in [0.2, 0.25) is 5.04 Å². The number of rotatable bonds is 8. The van der Waals surface area contributed by atoms with Gasteiger partial charge in [-0.1, -0.05) is 87.5 Å². The standard InChI is InChI=1S/C30H38F3N3OSi.Fe/c1-29(2,3)38(26-10-6-4-7-11-26,27-12-8-5-9-13-27)37-21-20-35-16-18-36(19-17-35)23-24-14-15-25(34)22-28(24)30(31,32)33;/h4-15,22H,16-21,23,34H2,1-3H3;. The van der Waals surface area contributed by atoms with Gasteiger partial charge in [0.05, 0.1) is 5.56 Å². The predicted octanol–water partition coefficient (Wildman–Crippen LogP) is 4.98. The van der Waals surface area contributed by atoms with Crippen molar-refractivity contribution in [1.82, 2.24) is 9.80 Å². The molecule has 212 valence electrons. The summed E-state index contributed by atoms with van der Waals surface area (Å²) in [5, 5.41) is 2.43. The van der Waals surface area contributed by atoms with Crippen LogP contribution in [0.4, 0.5) is 18.9 Å². The van der Waals surface area contributed by atoms with Crippen LogP contribution in [0.15, 0.2) is 78.9 Å². The minimum Gasteiger partial charge on any atom is -0.406 e. The van der Waals surface area contributed by atoms with Crippen molar-refractivity contribution in [2.24, 2.45) is 0 Å². The molecule has 4 rings (SSSR count). The first-order valence-electron chi connectivity index (χ1n) is 13.2. The van der Waals surface area contributed by atoms with Gasteiger partial charge in [0.15, 0.2) is 0 Å². The van der Waals surface area contributed by atoms with Crippen LogP contribution in [0.25, 0.3) is 0 Å². The summed E-state index contributed by atoms with van der Waals surface area (Å²) in [4.78, 5) is 4.43. The van der Waals surface area contributed by atoms with Gasteiger partial charge < -0.3 is 10.2 Å². The number of nitrogens with zero attached hydrogens (tertiary/aromatic N) is 2. The molecule has 1 saturated heterocycles. The van der Waals surface area contributed by atoms with E-state index in [0.717, 1.165) is 25.7 Å². The molecule has 0 unspecified atom stereocenters. The van der Waals surface area contributed by atoms with Crippen LogP contribution in [-0.2, 0) is 34.2 Å². The molecule has 3 aromatic rings. The maximum atomic E-state index is 13.5. The van der Waals surface area contributed by atoms with Gasteiger partial charge in [0.1, 0.15) is 0 Å². The van der Waals surface area contributed by atoms with E-state index in [1.807, 2.05) is 12.1 Å². The molecule has 3 aromatic carbocycles. The van der Waals surface area contributed by atoms with E-state index in [0.29, 0.717) is 19.7 Å². The Bertz CT molecular complexity index is 1140. The van der Waals surface area contributed by atoms with Gasteiger partial charge in [-0.15, -0.1) is 0 Å². The number of nitrogen functional groups attached to an aromatic ring is 1. The number of piperazine rings is 1. The summed E-state index contributed by atoms with van der Waals surface area (Å²) in [5.41, 5.74) is 5.39. The summed E-state index contributed by atoms with van der Waals surface area (Å²) < 4.78 is 47.6. The van der Waals surface area contributed by atoms with Crippen molar-refractivity contribution in [2.75, 3.05) is 45.1 Å². The fourth-order valence-corrected chi connectivity index (χ4v) is 10.1. The van der Waals surface area contributed by atoms with E-state index in [9.17, 15) is 13.2 Å². The van der Waals surface area contributed by atoms with Gasteiger partial charge in [-0.3, -0.25) is 9.80 Å². The third-order valence-electron chi connectivity index (χ3n) is 7.44. The molecule has 9 heteroatoms. The van der Waals surface area contributed by atoms with Gasteiger partial charge in [0.2, 0.25) is 0 Å². The molecular formula is C30H38F3FeN3OSi. The second kappa shape index (κ2) is 13.0. The maximum absolute atomic E-state index is 13.5. The van der Waals surface area contributed by atoms with E-state index < -0.39 is 20.1 Å². The summed E-state index contributed by atoms with van der Waals surface area (Å²) in [7, 11) is -2.58. The Morgan fingerprint density at radius 2 is 1.31 bits per heavy atom. The molecule has 0 aliphatic carbocycles. The quantitative estimate of drug-likeness (QED) is 0.294. The Hall–Kier alpha value is -2.13. The van der Waals surface area contributed by atoms with E-state index in [1.165, 1.54) is 16.4 Å². The smallest absolute Gasteiger partial charge is 0.406 e. The second-order valence-electron chi connectivity index (χ2n) is 11.0. The minimum atomic E-state index is -4.41. The van der Waals surface area contributed by atoms with Gasteiger partial charge >= 0.3 is 6.18 Å². The molecule has 0 bridgehead atoms. The Morgan fingerprint density at radius 1 is 0.795 bits per heavy atom. The first-order valence-corrected chi connectivity index (χ1v) is 15.1. The van der Waals surface area contributed by atoms with E-state index in [2.05, 4.69) is 79.1 Å². The largest absolute Gasteiger partial charge is 0.416 e. The van der Waals surface area contributed by atoms with Crippen LogP contribution >= 0.6 is 0 Å². The van der Waals surface area contributed by atoms with Gasteiger partial charge in [0, 0.05) is 68.6 Å². The molecule has 1 aliphatic heterocycles. The van der Waals surface area contributed by atoms with Crippen LogP contribution < -0.4 is 16.1 Å². The van der Waals surface area contributed by atoms with Crippen LogP contribution in [0.3, 0.4) is 0 Å². The Labute approximate surface area is 241 Å².